The number of pyridine rings is 1. The lowest BCUT2D eigenvalue weighted by Crippen LogP contribution is -2.38. The number of nitrogens with zero attached hydrogens (tertiary/aromatic N) is 4. The molecule has 0 fully saturated rings. The molecule has 0 aliphatic carbocycles. The Labute approximate surface area is 185 Å². The molecule has 5 rings (SSSR count). The molecule has 1 aliphatic rings. The van der Waals surface area contributed by atoms with E-state index in [1.807, 2.05) is 49.2 Å². The van der Waals surface area contributed by atoms with Crippen LogP contribution in [-0.2, 0) is 13.5 Å². The van der Waals surface area contributed by atoms with Crippen LogP contribution in [0.15, 0.2) is 54.7 Å². The maximum Gasteiger partial charge on any atom is 0.254 e. The van der Waals surface area contributed by atoms with Crippen LogP contribution in [0.5, 0.6) is 5.75 Å². The fourth-order valence-corrected chi connectivity index (χ4v) is 4.58. The molecule has 1 atom stereocenters. The Morgan fingerprint density at radius 2 is 2.03 bits per heavy atom. The lowest BCUT2D eigenvalue weighted by atomic mass is 9.94. The maximum atomic E-state index is 15.0. The van der Waals surface area contributed by atoms with Crippen LogP contribution in [0.3, 0.4) is 0 Å². The first-order valence-electron chi connectivity index (χ1n) is 10.5. The van der Waals surface area contributed by atoms with Crippen molar-refractivity contribution in [3.05, 3.63) is 77.4 Å². The van der Waals surface area contributed by atoms with Crippen molar-refractivity contribution >= 4 is 16.8 Å². The second kappa shape index (κ2) is 7.75. The molecule has 2 aromatic carbocycles. The van der Waals surface area contributed by atoms with Gasteiger partial charge < -0.3 is 9.64 Å². The van der Waals surface area contributed by atoms with Gasteiger partial charge in [-0.3, -0.25) is 14.5 Å². The number of ether oxygens (including phenoxy) is 1. The van der Waals surface area contributed by atoms with E-state index in [-0.39, 0.29) is 17.7 Å². The van der Waals surface area contributed by atoms with Gasteiger partial charge in [-0.05, 0) is 49.7 Å². The monoisotopic (exact) mass is 430 g/mol. The highest BCUT2D eigenvalue weighted by Crippen LogP contribution is 2.38. The first-order valence-corrected chi connectivity index (χ1v) is 10.5. The van der Waals surface area contributed by atoms with Gasteiger partial charge in [0.25, 0.3) is 5.91 Å². The Morgan fingerprint density at radius 3 is 2.84 bits per heavy atom. The Hall–Kier alpha value is -3.74. The maximum absolute atomic E-state index is 15.0. The molecule has 4 aromatic rings. The highest BCUT2D eigenvalue weighted by Gasteiger charge is 2.34. The Morgan fingerprint density at radius 1 is 1.19 bits per heavy atom. The molecule has 0 saturated carbocycles. The zero-order valence-corrected chi connectivity index (χ0v) is 18.2. The second-order valence-electron chi connectivity index (χ2n) is 7.99. The van der Waals surface area contributed by atoms with E-state index in [0.29, 0.717) is 24.1 Å². The van der Waals surface area contributed by atoms with Gasteiger partial charge in [0.05, 0.1) is 30.1 Å². The highest BCUT2D eigenvalue weighted by molar-refractivity contribution is 5.98. The van der Waals surface area contributed by atoms with Crippen LogP contribution >= 0.6 is 0 Å². The smallest absolute Gasteiger partial charge is 0.254 e. The van der Waals surface area contributed by atoms with Crippen molar-refractivity contribution in [2.75, 3.05) is 13.7 Å². The number of benzene rings is 2. The summed E-state index contributed by atoms with van der Waals surface area (Å²) in [6.07, 6.45) is 2.34. The van der Waals surface area contributed by atoms with E-state index in [1.165, 1.54) is 7.11 Å². The van der Waals surface area contributed by atoms with Crippen LogP contribution in [0.2, 0.25) is 0 Å². The largest absolute Gasteiger partial charge is 0.494 e. The molecule has 0 saturated heterocycles. The summed E-state index contributed by atoms with van der Waals surface area (Å²) in [4.78, 5) is 19.5. The molecule has 2 aromatic heterocycles. The van der Waals surface area contributed by atoms with Crippen LogP contribution < -0.4 is 4.74 Å². The van der Waals surface area contributed by atoms with Gasteiger partial charge >= 0.3 is 0 Å². The molecule has 162 valence electrons. The third-order valence-corrected chi connectivity index (χ3v) is 6.19. The van der Waals surface area contributed by atoms with Crippen molar-refractivity contribution in [2.24, 2.45) is 7.05 Å². The fourth-order valence-electron chi connectivity index (χ4n) is 4.58. The topological polar surface area (TPSA) is 60.2 Å². The summed E-state index contributed by atoms with van der Waals surface area (Å²) >= 11 is 0. The number of methoxy groups -OCH3 is 1. The minimum absolute atomic E-state index is 0.0475. The summed E-state index contributed by atoms with van der Waals surface area (Å²) in [6, 6.07) is 14.2. The highest BCUT2D eigenvalue weighted by atomic mass is 19.1. The summed E-state index contributed by atoms with van der Waals surface area (Å²) < 4.78 is 21.9. The number of aryl methyl sites for hydroxylation is 1. The number of halogens is 1. The van der Waals surface area contributed by atoms with Crippen molar-refractivity contribution in [1.82, 2.24) is 19.7 Å². The van der Waals surface area contributed by atoms with Crippen LogP contribution in [0.1, 0.15) is 34.6 Å². The first kappa shape index (κ1) is 20.2. The number of amides is 1. The average Bonchev–Trinajstić information content (AvgIpc) is 3.15. The zero-order valence-electron chi connectivity index (χ0n) is 18.2. The Balaban J connectivity index is 1.51. The lowest BCUT2D eigenvalue weighted by molar-refractivity contribution is 0.0674. The molecule has 1 aliphatic heterocycles. The standard InChI is InChI=1S/C25H23FN4O2/c1-15-23-19(24(29(2)28-23)18-7-4-8-21(32-3)22(18)26)11-13-30(15)25(31)17-9-10-20-16(14-17)6-5-12-27-20/h4-10,12,14-15H,11,13H2,1-3H3/t15-/m0/s1. The van der Waals surface area contributed by atoms with Gasteiger partial charge in [-0.15, -0.1) is 0 Å². The molecule has 6 nitrogen and oxygen atoms in total. The third kappa shape index (κ3) is 3.12. The molecule has 7 heteroatoms. The Kier molecular flexibility index (Phi) is 4.89. The molecular formula is C25H23FN4O2. The summed E-state index contributed by atoms with van der Waals surface area (Å²) in [5.74, 6) is -0.255. The fraction of sp³-hybridized carbons (Fsp3) is 0.240. The van der Waals surface area contributed by atoms with Crippen LogP contribution in [0.25, 0.3) is 22.2 Å². The van der Waals surface area contributed by atoms with Crippen LogP contribution in [-0.4, -0.2) is 39.2 Å². The minimum atomic E-state index is -0.406. The van der Waals surface area contributed by atoms with Crippen molar-refractivity contribution in [3.8, 4) is 17.0 Å². The van der Waals surface area contributed by atoms with E-state index < -0.39 is 5.82 Å². The predicted molar refractivity (Wildman–Crippen MR) is 120 cm³/mol. The number of aromatic nitrogens is 3. The molecule has 1 amide bonds. The number of rotatable bonds is 3. The van der Waals surface area contributed by atoms with E-state index in [4.69, 9.17) is 4.74 Å². The molecule has 0 bridgehead atoms. The molecule has 0 spiro atoms. The SMILES string of the molecule is COc1cccc(-c2c3c(nn2C)[C@H](C)N(C(=O)c2ccc4ncccc4c2)CC3)c1F. The molecule has 3 heterocycles. The summed E-state index contributed by atoms with van der Waals surface area (Å²) in [6.45, 7) is 2.50. The van der Waals surface area contributed by atoms with Gasteiger partial charge in [-0.25, -0.2) is 4.39 Å². The van der Waals surface area contributed by atoms with Gasteiger partial charge in [0.1, 0.15) is 0 Å². The Bertz CT molecular complexity index is 1350. The van der Waals surface area contributed by atoms with E-state index in [2.05, 4.69) is 10.1 Å². The third-order valence-electron chi connectivity index (χ3n) is 6.19. The molecule has 0 N–H and O–H groups in total. The molecule has 0 radical (unpaired) electrons. The molecule has 0 unspecified atom stereocenters. The van der Waals surface area contributed by atoms with Gasteiger partial charge in [0.15, 0.2) is 11.6 Å². The normalized spacial score (nSPS) is 15.6. The number of hydrogen-bond acceptors (Lipinski definition) is 4. The number of hydrogen-bond donors (Lipinski definition) is 0. The van der Waals surface area contributed by atoms with Crippen LogP contribution in [0.4, 0.5) is 4.39 Å². The van der Waals surface area contributed by atoms with E-state index >= 15 is 4.39 Å². The van der Waals surface area contributed by atoms with Gasteiger partial charge in [0, 0.05) is 41.9 Å². The van der Waals surface area contributed by atoms with Gasteiger partial charge in [0.2, 0.25) is 0 Å². The van der Waals surface area contributed by atoms with E-state index in [0.717, 1.165) is 27.9 Å². The number of carbonyl (C=O) groups excluding carboxylic acids is 1. The predicted octanol–water partition coefficient (Wildman–Crippen LogP) is 4.54. The van der Waals surface area contributed by atoms with Crippen molar-refractivity contribution in [3.63, 3.8) is 0 Å². The number of fused-ring (bicyclic) bond motifs is 2. The van der Waals surface area contributed by atoms with E-state index in [9.17, 15) is 4.79 Å². The summed E-state index contributed by atoms with van der Waals surface area (Å²) in [7, 11) is 3.26. The second-order valence-corrected chi connectivity index (χ2v) is 7.99. The van der Waals surface area contributed by atoms with Gasteiger partial charge in [-0.1, -0.05) is 12.1 Å². The zero-order chi connectivity index (χ0) is 22.4. The van der Waals surface area contributed by atoms with Gasteiger partial charge in [-0.2, -0.15) is 5.10 Å². The van der Waals surface area contributed by atoms with Crippen molar-refractivity contribution in [1.29, 1.82) is 0 Å². The van der Waals surface area contributed by atoms with Crippen molar-refractivity contribution < 1.29 is 13.9 Å². The summed E-state index contributed by atoms with van der Waals surface area (Å²) in [5.41, 5.74) is 4.43. The average molecular weight is 430 g/mol. The summed E-state index contributed by atoms with van der Waals surface area (Å²) in [5, 5.41) is 5.61. The first-order chi connectivity index (χ1) is 15.5. The quantitative estimate of drug-likeness (QED) is 0.479. The molecule has 32 heavy (non-hydrogen) atoms. The van der Waals surface area contributed by atoms with Crippen LogP contribution in [0, 0.1) is 5.82 Å². The minimum Gasteiger partial charge on any atom is -0.494 e. The number of carbonyl (C=O) groups is 1. The van der Waals surface area contributed by atoms with E-state index in [1.54, 1.807) is 29.1 Å². The van der Waals surface area contributed by atoms with Crippen molar-refractivity contribution in [2.45, 2.75) is 19.4 Å². The molecular weight excluding hydrogens is 407 g/mol. The lowest BCUT2D eigenvalue weighted by Gasteiger charge is -2.33.